The molecule has 0 radical (unpaired) electrons. The van der Waals surface area contributed by atoms with E-state index in [9.17, 15) is 4.79 Å². The van der Waals surface area contributed by atoms with E-state index in [4.69, 9.17) is 21.1 Å². The summed E-state index contributed by atoms with van der Waals surface area (Å²) in [7, 11) is 0. The highest BCUT2D eigenvalue weighted by Gasteiger charge is 2.36. The van der Waals surface area contributed by atoms with Crippen molar-refractivity contribution in [2.45, 2.75) is 26.8 Å². The van der Waals surface area contributed by atoms with E-state index in [1.54, 1.807) is 11.0 Å². The number of allylic oxidation sites excluding steroid dienone is 1. The Morgan fingerprint density at radius 1 is 0.941 bits per heavy atom. The number of amides is 2. The lowest BCUT2D eigenvalue weighted by molar-refractivity contribution is 0.244. The molecular weight excluding hydrogens is 448 g/mol. The van der Waals surface area contributed by atoms with Crippen LogP contribution in [0.15, 0.2) is 83.0 Å². The Hall–Kier alpha value is -3.90. The molecular formula is C27H23ClN4O2. The van der Waals surface area contributed by atoms with Gasteiger partial charge in [0.05, 0.1) is 17.3 Å². The highest BCUT2D eigenvalue weighted by Crippen LogP contribution is 2.39. The summed E-state index contributed by atoms with van der Waals surface area (Å²) in [6, 6.07) is 22.3. The van der Waals surface area contributed by atoms with Crippen LogP contribution in [0.4, 0.5) is 10.5 Å². The van der Waals surface area contributed by atoms with Crippen LogP contribution in [-0.2, 0) is 0 Å². The number of nitrogens with zero attached hydrogens (tertiary/aromatic N) is 3. The molecule has 1 atom stereocenters. The number of nitrogens with one attached hydrogen (secondary N) is 1. The Bertz CT molecular complexity index is 1390. The molecule has 1 aliphatic rings. The zero-order chi connectivity index (χ0) is 23.8. The van der Waals surface area contributed by atoms with E-state index in [1.807, 2.05) is 81.4 Å². The average molecular weight is 471 g/mol. The SMILES string of the molecule is CC1=C(c2nc(-c3ccccc3)no2)C(c2cccc(Cl)c2)NC(=O)N1c1cc(C)cc(C)c1. The van der Waals surface area contributed by atoms with Gasteiger partial charge in [-0.1, -0.05) is 65.3 Å². The number of rotatable bonds is 4. The monoisotopic (exact) mass is 470 g/mol. The normalized spacial score (nSPS) is 16.1. The van der Waals surface area contributed by atoms with E-state index in [0.717, 1.165) is 33.5 Å². The molecule has 1 N–H and O–H groups in total. The molecule has 5 rings (SSSR count). The second-order valence-electron chi connectivity index (χ2n) is 8.41. The molecule has 1 aliphatic heterocycles. The molecule has 0 saturated carbocycles. The number of anilines is 1. The Balaban J connectivity index is 1.68. The van der Waals surface area contributed by atoms with E-state index in [-0.39, 0.29) is 6.03 Å². The lowest BCUT2D eigenvalue weighted by atomic mass is 9.94. The van der Waals surface area contributed by atoms with Crippen LogP contribution in [0.5, 0.6) is 0 Å². The van der Waals surface area contributed by atoms with Gasteiger partial charge in [0.25, 0.3) is 5.89 Å². The summed E-state index contributed by atoms with van der Waals surface area (Å²) in [6.07, 6.45) is 0. The number of carbonyl (C=O) groups excluding carboxylic acids is 1. The van der Waals surface area contributed by atoms with Gasteiger partial charge in [-0.25, -0.2) is 4.79 Å². The van der Waals surface area contributed by atoms with Gasteiger partial charge in [-0.3, -0.25) is 4.90 Å². The molecule has 0 aliphatic carbocycles. The summed E-state index contributed by atoms with van der Waals surface area (Å²) in [4.78, 5) is 19.7. The topological polar surface area (TPSA) is 71.3 Å². The Labute approximate surface area is 202 Å². The van der Waals surface area contributed by atoms with Crippen LogP contribution < -0.4 is 10.2 Å². The first kappa shape index (κ1) is 21.9. The third-order valence-corrected chi connectivity index (χ3v) is 6.05. The average Bonchev–Trinajstić information content (AvgIpc) is 3.28. The predicted molar refractivity (Wildman–Crippen MR) is 133 cm³/mol. The van der Waals surface area contributed by atoms with Crippen LogP contribution in [0.2, 0.25) is 5.02 Å². The minimum Gasteiger partial charge on any atom is -0.334 e. The minimum absolute atomic E-state index is 0.237. The van der Waals surface area contributed by atoms with Crippen molar-refractivity contribution in [2.24, 2.45) is 0 Å². The zero-order valence-electron chi connectivity index (χ0n) is 19.0. The number of urea groups is 1. The summed E-state index contributed by atoms with van der Waals surface area (Å²) in [5.41, 5.74) is 6.02. The van der Waals surface area contributed by atoms with Gasteiger partial charge >= 0.3 is 6.03 Å². The molecule has 170 valence electrons. The summed E-state index contributed by atoms with van der Waals surface area (Å²) < 4.78 is 5.75. The third kappa shape index (κ3) is 4.08. The maximum absolute atomic E-state index is 13.4. The van der Waals surface area contributed by atoms with Crippen LogP contribution in [0.1, 0.15) is 35.5 Å². The molecule has 2 amide bonds. The molecule has 3 aromatic carbocycles. The van der Waals surface area contributed by atoms with Crippen LogP contribution in [0.25, 0.3) is 17.0 Å². The second kappa shape index (κ2) is 8.80. The fraction of sp³-hybridized carbons (Fsp3) is 0.148. The van der Waals surface area contributed by atoms with Crippen LogP contribution in [-0.4, -0.2) is 16.2 Å². The van der Waals surface area contributed by atoms with Crippen molar-refractivity contribution in [3.8, 4) is 11.4 Å². The summed E-state index contributed by atoms with van der Waals surface area (Å²) >= 11 is 6.28. The molecule has 0 fully saturated rings. The van der Waals surface area contributed by atoms with Crippen LogP contribution in [0.3, 0.4) is 0 Å². The van der Waals surface area contributed by atoms with Gasteiger partial charge in [0.15, 0.2) is 0 Å². The number of hydrogen-bond acceptors (Lipinski definition) is 4. The summed E-state index contributed by atoms with van der Waals surface area (Å²) in [5, 5.41) is 7.91. The Morgan fingerprint density at radius 3 is 2.38 bits per heavy atom. The summed E-state index contributed by atoms with van der Waals surface area (Å²) in [6.45, 7) is 5.92. The van der Waals surface area contributed by atoms with Crippen molar-refractivity contribution in [1.29, 1.82) is 0 Å². The fourth-order valence-electron chi connectivity index (χ4n) is 4.38. The molecule has 4 aromatic rings. The predicted octanol–water partition coefficient (Wildman–Crippen LogP) is 6.71. The highest BCUT2D eigenvalue weighted by atomic mass is 35.5. The standard InChI is InChI=1S/C27H23ClN4O2/c1-16-12-17(2)14-22(13-16)32-18(3)23(24(29-27(32)33)20-10-7-11-21(28)15-20)26-30-25(31-34-26)19-8-5-4-6-9-19/h4-15,24H,1-3H3,(H,29,33). The highest BCUT2D eigenvalue weighted by molar-refractivity contribution is 6.30. The number of aryl methyl sites for hydroxylation is 2. The van der Waals surface area contributed by atoms with Gasteiger partial charge in [-0.15, -0.1) is 0 Å². The van der Waals surface area contributed by atoms with Crippen molar-refractivity contribution >= 4 is 28.9 Å². The van der Waals surface area contributed by atoms with E-state index in [0.29, 0.717) is 22.4 Å². The first-order valence-electron chi connectivity index (χ1n) is 11.0. The zero-order valence-corrected chi connectivity index (χ0v) is 19.8. The molecule has 0 spiro atoms. The molecule has 6 nitrogen and oxygen atoms in total. The number of halogens is 1. The van der Waals surface area contributed by atoms with Gasteiger partial charge < -0.3 is 9.84 Å². The van der Waals surface area contributed by atoms with E-state index in [2.05, 4.69) is 16.5 Å². The Kier molecular flexibility index (Phi) is 5.67. The number of hydrogen-bond donors (Lipinski definition) is 1. The summed E-state index contributed by atoms with van der Waals surface area (Å²) in [5.74, 6) is 0.825. The van der Waals surface area contributed by atoms with Gasteiger partial charge in [0.1, 0.15) is 0 Å². The first-order chi connectivity index (χ1) is 16.4. The Morgan fingerprint density at radius 2 is 1.68 bits per heavy atom. The van der Waals surface area contributed by atoms with E-state index >= 15 is 0 Å². The third-order valence-electron chi connectivity index (χ3n) is 5.82. The van der Waals surface area contributed by atoms with Crippen LogP contribution in [0, 0.1) is 13.8 Å². The van der Waals surface area contributed by atoms with Gasteiger partial charge in [0, 0.05) is 16.3 Å². The van der Waals surface area contributed by atoms with Gasteiger partial charge in [0.2, 0.25) is 5.82 Å². The molecule has 1 aromatic heterocycles. The van der Waals surface area contributed by atoms with Gasteiger partial charge in [-0.05, 0) is 61.7 Å². The molecule has 1 unspecified atom stereocenters. The molecule has 2 heterocycles. The minimum atomic E-state index is -0.502. The first-order valence-corrected chi connectivity index (χ1v) is 11.3. The smallest absolute Gasteiger partial charge is 0.326 e. The number of aromatic nitrogens is 2. The maximum Gasteiger partial charge on any atom is 0.326 e. The lowest BCUT2D eigenvalue weighted by Gasteiger charge is -2.35. The van der Waals surface area contributed by atoms with Crippen molar-refractivity contribution in [3.63, 3.8) is 0 Å². The van der Waals surface area contributed by atoms with Gasteiger partial charge in [-0.2, -0.15) is 4.98 Å². The lowest BCUT2D eigenvalue weighted by Crippen LogP contribution is -2.46. The molecule has 0 bridgehead atoms. The van der Waals surface area contributed by atoms with Crippen molar-refractivity contribution in [2.75, 3.05) is 4.90 Å². The van der Waals surface area contributed by atoms with E-state index < -0.39 is 6.04 Å². The maximum atomic E-state index is 13.4. The molecule has 7 heteroatoms. The number of benzene rings is 3. The van der Waals surface area contributed by atoms with Crippen LogP contribution >= 0.6 is 11.6 Å². The van der Waals surface area contributed by atoms with E-state index in [1.165, 1.54) is 0 Å². The quantitative estimate of drug-likeness (QED) is 0.360. The van der Waals surface area contributed by atoms with Crippen molar-refractivity contribution in [1.82, 2.24) is 15.5 Å². The molecule has 34 heavy (non-hydrogen) atoms. The van der Waals surface area contributed by atoms with Crippen molar-refractivity contribution in [3.05, 3.63) is 106 Å². The fourth-order valence-corrected chi connectivity index (χ4v) is 4.58. The van der Waals surface area contributed by atoms with Crippen molar-refractivity contribution < 1.29 is 9.32 Å². The number of carbonyl (C=O) groups is 1. The largest absolute Gasteiger partial charge is 0.334 e. The molecule has 0 saturated heterocycles. The second-order valence-corrected chi connectivity index (χ2v) is 8.84.